The van der Waals surface area contributed by atoms with Crippen LogP contribution >= 0.6 is 11.3 Å². The number of nitrogens with zero attached hydrogens (tertiary/aromatic N) is 2. The number of hydrogen-bond acceptors (Lipinski definition) is 3. The summed E-state index contributed by atoms with van der Waals surface area (Å²) < 4.78 is 0. The zero-order chi connectivity index (χ0) is 11.8. The number of amides is 1. The minimum atomic E-state index is -0.800. The maximum Gasteiger partial charge on any atom is 0.407 e. The molecule has 0 radical (unpaired) electrons. The minimum Gasteiger partial charge on any atom is -0.465 e. The number of thiophene rings is 1. The van der Waals surface area contributed by atoms with E-state index in [1.165, 1.54) is 39.7 Å². The molecule has 1 saturated heterocycles. The van der Waals surface area contributed by atoms with Crippen molar-refractivity contribution in [2.45, 2.75) is 25.9 Å². The third-order valence-electron chi connectivity index (χ3n) is 3.52. The van der Waals surface area contributed by atoms with E-state index in [1.54, 1.807) is 0 Å². The van der Waals surface area contributed by atoms with Gasteiger partial charge in [0.05, 0.1) is 6.54 Å². The molecule has 1 N–H and O–H groups in total. The number of rotatable bonds is 2. The summed E-state index contributed by atoms with van der Waals surface area (Å²) in [6.07, 6.45) is 1.40. The second kappa shape index (κ2) is 4.31. The van der Waals surface area contributed by atoms with E-state index in [4.69, 9.17) is 5.11 Å². The Labute approximate surface area is 104 Å². The van der Waals surface area contributed by atoms with Gasteiger partial charge >= 0.3 is 6.09 Å². The Hall–Kier alpha value is -1.07. The van der Waals surface area contributed by atoms with Gasteiger partial charge in [-0.05, 0) is 37.6 Å². The largest absolute Gasteiger partial charge is 0.465 e. The molecule has 0 saturated carbocycles. The summed E-state index contributed by atoms with van der Waals surface area (Å²) in [5.41, 5.74) is 1.22. The molecule has 0 aliphatic carbocycles. The van der Waals surface area contributed by atoms with Crippen molar-refractivity contribution >= 4 is 17.4 Å². The van der Waals surface area contributed by atoms with Crippen LogP contribution in [0.3, 0.4) is 0 Å². The van der Waals surface area contributed by atoms with Crippen molar-refractivity contribution < 1.29 is 9.90 Å². The second-order valence-electron chi connectivity index (χ2n) is 4.74. The van der Waals surface area contributed by atoms with Gasteiger partial charge in [-0.15, -0.1) is 11.3 Å². The average Bonchev–Trinajstić information content (AvgIpc) is 2.64. The summed E-state index contributed by atoms with van der Waals surface area (Å²) in [7, 11) is 0. The predicted molar refractivity (Wildman–Crippen MR) is 66.4 cm³/mol. The first-order valence-electron chi connectivity index (χ1n) is 6.03. The molecule has 0 bridgehead atoms. The monoisotopic (exact) mass is 252 g/mol. The summed E-state index contributed by atoms with van der Waals surface area (Å²) in [4.78, 5) is 17.6. The minimum absolute atomic E-state index is 0.571. The summed E-state index contributed by atoms with van der Waals surface area (Å²) in [6, 6.07) is 2.20. The normalized spacial score (nSPS) is 19.9. The molecule has 0 aromatic carbocycles. The molecule has 0 unspecified atom stereocenters. The average molecular weight is 252 g/mol. The van der Waals surface area contributed by atoms with Crippen LogP contribution in [0.5, 0.6) is 0 Å². The Bertz CT molecular complexity index is 440. The lowest BCUT2D eigenvalue weighted by Gasteiger charge is -2.29. The lowest BCUT2D eigenvalue weighted by atomic mass is 10.1. The molecule has 1 aromatic heterocycles. The summed E-state index contributed by atoms with van der Waals surface area (Å²) in [6.45, 7) is 4.69. The highest BCUT2D eigenvalue weighted by Crippen LogP contribution is 2.29. The Balaban J connectivity index is 1.72. The van der Waals surface area contributed by atoms with Crippen molar-refractivity contribution in [1.29, 1.82) is 0 Å². The molecule has 92 valence electrons. The van der Waals surface area contributed by atoms with Gasteiger partial charge in [-0.25, -0.2) is 4.79 Å². The smallest absolute Gasteiger partial charge is 0.407 e. The highest BCUT2D eigenvalue weighted by molar-refractivity contribution is 7.12. The molecule has 5 heteroatoms. The van der Waals surface area contributed by atoms with Crippen LogP contribution in [0.25, 0.3) is 0 Å². The van der Waals surface area contributed by atoms with Crippen LogP contribution in [-0.4, -0.2) is 40.6 Å². The van der Waals surface area contributed by atoms with Gasteiger partial charge < -0.3 is 10.0 Å². The fourth-order valence-electron chi connectivity index (χ4n) is 2.40. The third kappa shape index (κ3) is 2.17. The standard InChI is InChI=1S/C12H16N2O2S/c15-12(16)14-5-2-11-9(7-14)6-10(17-11)8-13-3-1-4-13/h6H,1-5,7-8H2,(H,15,16). The molecule has 17 heavy (non-hydrogen) atoms. The molecule has 0 atom stereocenters. The summed E-state index contributed by atoms with van der Waals surface area (Å²) >= 11 is 1.87. The van der Waals surface area contributed by atoms with Crippen LogP contribution < -0.4 is 0 Å². The first-order chi connectivity index (χ1) is 8.22. The molecule has 4 nitrogen and oxygen atoms in total. The van der Waals surface area contributed by atoms with Crippen LogP contribution in [0, 0.1) is 0 Å². The van der Waals surface area contributed by atoms with Gasteiger partial charge in [0.1, 0.15) is 0 Å². The van der Waals surface area contributed by atoms with Crippen LogP contribution in [0.1, 0.15) is 21.7 Å². The zero-order valence-corrected chi connectivity index (χ0v) is 10.5. The maximum absolute atomic E-state index is 10.9. The van der Waals surface area contributed by atoms with E-state index in [-0.39, 0.29) is 0 Å². The quantitative estimate of drug-likeness (QED) is 0.875. The maximum atomic E-state index is 10.9. The number of hydrogen-bond donors (Lipinski definition) is 1. The molecular weight excluding hydrogens is 236 g/mol. The first-order valence-corrected chi connectivity index (χ1v) is 6.85. The van der Waals surface area contributed by atoms with Gasteiger partial charge in [0.2, 0.25) is 0 Å². The van der Waals surface area contributed by atoms with Crippen LogP contribution in [0.2, 0.25) is 0 Å². The van der Waals surface area contributed by atoms with Gasteiger partial charge in [0, 0.05) is 22.8 Å². The van der Waals surface area contributed by atoms with Crippen LogP contribution in [-0.2, 0) is 19.5 Å². The Morgan fingerprint density at radius 1 is 1.41 bits per heavy atom. The molecule has 2 aliphatic rings. The fourth-order valence-corrected chi connectivity index (χ4v) is 3.61. The molecule has 0 spiro atoms. The predicted octanol–water partition coefficient (Wildman–Crippen LogP) is 1.99. The molecule has 3 rings (SSSR count). The number of carbonyl (C=O) groups is 1. The van der Waals surface area contributed by atoms with E-state index in [9.17, 15) is 4.79 Å². The molecule has 1 fully saturated rings. The van der Waals surface area contributed by atoms with Crippen molar-refractivity contribution in [2.24, 2.45) is 0 Å². The van der Waals surface area contributed by atoms with Crippen molar-refractivity contribution in [2.75, 3.05) is 19.6 Å². The highest BCUT2D eigenvalue weighted by Gasteiger charge is 2.23. The first kappa shape index (κ1) is 11.0. The Kier molecular flexibility index (Phi) is 2.80. The number of likely N-dealkylation sites (tertiary alicyclic amines) is 1. The zero-order valence-electron chi connectivity index (χ0n) is 9.69. The van der Waals surface area contributed by atoms with E-state index >= 15 is 0 Å². The fraction of sp³-hybridized carbons (Fsp3) is 0.583. The van der Waals surface area contributed by atoms with Crippen molar-refractivity contribution in [3.63, 3.8) is 0 Å². The van der Waals surface area contributed by atoms with Crippen molar-refractivity contribution in [1.82, 2.24) is 9.80 Å². The molecule has 1 amide bonds. The lowest BCUT2D eigenvalue weighted by molar-refractivity contribution is 0.140. The van der Waals surface area contributed by atoms with E-state index in [0.717, 1.165) is 13.0 Å². The molecular formula is C12H16N2O2S. The van der Waals surface area contributed by atoms with E-state index < -0.39 is 6.09 Å². The topological polar surface area (TPSA) is 43.8 Å². The molecule has 3 heterocycles. The van der Waals surface area contributed by atoms with E-state index in [2.05, 4.69) is 11.0 Å². The van der Waals surface area contributed by atoms with Gasteiger partial charge in [-0.1, -0.05) is 0 Å². The number of carboxylic acid groups (broad SMARTS) is 1. The van der Waals surface area contributed by atoms with Crippen LogP contribution in [0.15, 0.2) is 6.07 Å². The van der Waals surface area contributed by atoms with Crippen molar-refractivity contribution in [3.8, 4) is 0 Å². The Morgan fingerprint density at radius 2 is 2.24 bits per heavy atom. The Morgan fingerprint density at radius 3 is 2.88 bits per heavy atom. The van der Waals surface area contributed by atoms with E-state index in [1.807, 2.05) is 11.3 Å². The third-order valence-corrected chi connectivity index (χ3v) is 4.74. The van der Waals surface area contributed by atoms with Crippen molar-refractivity contribution in [3.05, 3.63) is 21.4 Å². The number of fused-ring (bicyclic) bond motifs is 1. The van der Waals surface area contributed by atoms with Gasteiger partial charge in [0.25, 0.3) is 0 Å². The lowest BCUT2D eigenvalue weighted by Crippen LogP contribution is -2.35. The highest BCUT2D eigenvalue weighted by atomic mass is 32.1. The SMILES string of the molecule is O=C(O)N1CCc2sc(CN3CCC3)cc2C1. The van der Waals surface area contributed by atoms with Gasteiger partial charge in [-0.2, -0.15) is 0 Å². The van der Waals surface area contributed by atoms with Crippen LogP contribution in [0.4, 0.5) is 4.79 Å². The summed E-state index contributed by atoms with van der Waals surface area (Å²) in [5, 5.41) is 8.98. The summed E-state index contributed by atoms with van der Waals surface area (Å²) in [5.74, 6) is 0. The second-order valence-corrected chi connectivity index (χ2v) is 5.97. The molecule has 2 aliphatic heterocycles. The van der Waals surface area contributed by atoms with E-state index in [0.29, 0.717) is 13.1 Å². The molecule has 1 aromatic rings. The van der Waals surface area contributed by atoms with Gasteiger partial charge in [0.15, 0.2) is 0 Å². The van der Waals surface area contributed by atoms with Gasteiger partial charge in [-0.3, -0.25) is 4.90 Å².